The summed E-state index contributed by atoms with van der Waals surface area (Å²) in [5.74, 6) is 0. The van der Waals surface area contributed by atoms with E-state index in [1.807, 2.05) is 6.92 Å². The molecule has 92 valence electrons. The van der Waals surface area contributed by atoms with E-state index in [1.165, 1.54) is 22.4 Å². The van der Waals surface area contributed by atoms with Gasteiger partial charge in [-0.1, -0.05) is 36.4 Å². The van der Waals surface area contributed by atoms with Gasteiger partial charge in [-0.2, -0.15) is 0 Å². The van der Waals surface area contributed by atoms with E-state index < -0.39 is 0 Å². The van der Waals surface area contributed by atoms with Gasteiger partial charge in [-0.15, -0.1) is 0 Å². The van der Waals surface area contributed by atoms with Crippen molar-refractivity contribution in [2.45, 2.75) is 26.1 Å². The average Bonchev–Trinajstić information content (AvgIpc) is 2.82. The van der Waals surface area contributed by atoms with Crippen molar-refractivity contribution in [2.75, 3.05) is 4.90 Å². The molecule has 0 saturated carbocycles. The molecular formula is C16H18N2. The molecule has 18 heavy (non-hydrogen) atoms. The van der Waals surface area contributed by atoms with Crippen LogP contribution in [0.5, 0.6) is 0 Å². The summed E-state index contributed by atoms with van der Waals surface area (Å²) in [6.45, 7) is 4.03. The summed E-state index contributed by atoms with van der Waals surface area (Å²) in [5.41, 5.74) is 11.2. The lowest BCUT2D eigenvalue weighted by Gasteiger charge is -2.18. The van der Waals surface area contributed by atoms with Gasteiger partial charge in [-0.05, 0) is 35.7 Å². The van der Waals surface area contributed by atoms with Gasteiger partial charge < -0.3 is 10.6 Å². The highest BCUT2D eigenvalue weighted by atomic mass is 15.1. The molecule has 0 unspecified atom stereocenters. The average molecular weight is 238 g/mol. The second kappa shape index (κ2) is 4.46. The van der Waals surface area contributed by atoms with Gasteiger partial charge in [0.05, 0.1) is 0 Å². The summed E-state index contributed by atoms with van der Waals surface area (Å²) in [6, 6.07) is 17.4. The zero-order chi connectivity index (χ0) is 12.5. The molecule has 2 aromatic rings. The lowest BCUT2D eigenvalue weighted by Crippen LogP contribution is -2.14. The van der Waals surface area contributed by atoms with Gasteiger partial charge in [0, 0.05) is 24.8 Å². The number of fused-ring (bicyclic) bond motifs is 1. The van der Waals surface area contributed by atoms with Crippen molar-refractivity contribution >= 4 is 5.69 Å². The maximum absolute atomic E-state index is 5.87. The maximum atomic E-state index is 5.87. The van der Waals surface area contributed by atoms with Crippen LogP contribution in [-0.4, -0.2) is 0 Å². The van der Waals surface area contributed by atoms with Gasteiger partial charge in [0.1, 0.15) is 0 Å². The predicted molar refractivity (Wildman–Crippen MR) is 75.4 cm³/mol. The molecule has 3 rings (SSSR count). The lowest BCUT2D eigenvalue weighted by atomic mass is 10.1. The number of rotatable bonds is 2. The molecule has 2 heteroatoms. The van der Waals surface area contributed by atoms with Crippen LogP contribution >= 0.6 is 0 Å². The molecule has 0 spiro atoms. The Hall–Kier alpha value is -1.80. The minimum Gasteiger partial charge on any atom is -0.363 e. The van der Waals surface area contributed by atoms with E-state index in [0.717, 1.165) is 13.1 Å². The van der Waals surface area contributed by atoms with Gasteiger partial charge >= 0.3 is 0 Å². The van der Waals surface area contributed by atoms with Crippen LogP contribution in [0, 0.1) is 0 Å². The van der Waals surface area contributed by atoms with Crippen molar-refractivity contribution in [3.63, 3.8) is 0 Å². The van der Waals surface area contributed by atoms with Crippen LogP contribution in [0.15, 0.2) is 48.5 Å². The molecule has 2 nitrogen and oxygen atoms in total. The summed E-state index contributed by atoms with van der Waals surface area (Å²) >= 11 is 0. The van der Waals surface area contributed by atoms with E-state index in [-0.39, 0.29) is 6.04 Å². The fraction of sp³-hybridized carbons (Fsp3) is 0.250. The molecular weight excluding hydrogens is 220 g/mol. The molecule has 0 amide bonds. The molecule has 1 aliphatic heterocycles. The second-order valence-electron chi connectivity index (χ2n) is 5.00. The van der Waals surface area contributed by atoms with Gasteiger partial charge in [0.15, 0.2) is 0 Å². The largest absolute Gasteiger partial charge is 0.363 e. The van der Waals surface area contributed by atoms with Gasteiger partial charge in [0.25, 0.3) is 0 Å². The van der Waals surface area contributed by atoms with E-state index in [4.69, 9.17) is 5.73 Å². The van der Waals surface area contributed by atoms with Crippen molar-refractivity contribution in [2.24, 2.45) is 5.73 Å². The van der Waals surface area contributed by atoms with Crippen LogP contribution in [0.4, 0.5) is 5.69 Å². The number of hydrogen-bond acceptors (Lipinski definition) is 2. The first-order valence-corrected chi connectivity index (χ1v) is 6.41. The Bertz CT molecular complexity index is 518. The normalized spacial score (nSPS) is 15.6. The molecule has 2 aromatic carbocycles. The van der Waals surface area contributed by atoms with Crippen LogP contribution in [0.25, 0.3) is 0 Å². The molecule has 2 N–H and O–H groups in total. The summed E-state index contributed by atoms with van der Waals surface area (Å²) in [7, 11) is 0. The standard InChI is InChI=1S/C16H18N2/c1-12(17)13-6-8-16(9-7-13)18-10-14-4-2-3-5-15(14)11-18/h2-9,12H,10-11,17H2,1H3/t12-/m0/s1. The molecule has 1 heterocycles. The minimum atomic E-state index is 0.106. The zero-order valence-electron chi connectivity index (χ0n) is 10.6. The first-order valence-electron chi connectivity index (χ1n) is 6.41. The predicted octanol–water partition coefficient (Wildman–Crippen LogP) is 3.23. The van der Waals surface area contributed by atoms with Crippen molar-refractivity contribution < 1.29 is 0 Å². The minimum absolute atomic E-state index is 0.106. The van der Waals surface area contributed by atoms with Gasteiger partial charge in [0.2, 0.25) is 0 Å². The molecule has 1 atom stereocenters. The third kappa shape index (κ3) is 2.00. The van der Waals surface area contributed by atoms with E-state index in [1.54, 1.807) is 0 Å². The van der Waals surface area contributed by atoms with Crippen molar-refractivity contribution in [3.8, 4) is 0 Å². The van der Waals surface area contributed by atoms with Crippen LogP contribution in [0.1, 0.15) is 29.7 Å². The Morgan fingerprint density at radius 3 is 2.00 bits per heavy atom. The maximum Gasteiger partial charge on any atom is 0.0436 e. The monoisotopic (exact) mass is 238 g/mol. The van der Waals surface area contributed by atoms with Crippen molar-refractivity contribution in [3.05, 3.63) is 65.2 Å². The molecule has 0 bridgehead atoms. The van der Waals surface area contributed by atoms with E-state index in [2.05, 4.69) is 53.4 Å². The second-order valence-corrected chi connectivity index (χ2v) is 5.00. The Balaban J connectivity index is 1.82. The van der Waals surface area contributed by atoms with Gasteiger partial charge in [-0.3, -0.25) is 0 Å². The van der Waals surface area contributed by atoms with Crippen LogP contribution in [0.2, 0.25) is 0 Å². The Morgan fingerprint density at radius 2 is 1.50 bits per heavy atom. The highest BCUT2D eigenvalue weighted by Gasteiger charge is 2.18. The Labute approximate surface area is 108 Å². The molecule has 0 aliphatic carbocycles. The summed E-state index contributed by atoms with van der Waals surface area (Å²) in [6.07, 6.45) is 0. The molecule has 1 aliphatic rings. The first kappa shape index (κ1) is 11.3. The summed E-state index contributed by atoms with van der Waals surface area (Å²) < 4.78 is 0. The molecule has 0 fully saturated rings. The van der Waals surface area contributed by atoms with Crippen molar-refractivity contribution in [1.29, 1.82) is 0 Å². The molecule has 0 radical (unpaired) electrons. The summed E-state index contributed by atoms with van der Waals surface area (Å²) in [5, 5.41) is 0. The van der Waals surface area contributed by atoms with Crippen LogP contribution in [-0.2, 0) is 13.1 Å². The summed E-state index contributed by atoms with van der Waals surface area (Å²) in [4.78, 5) is 2.40. The number of anilines is 1. The van der Waals surface area contributed by atoms with Crippen molar-refractivity contribution in [1.82, 2.24) is 0 Å². The smallest absolute Gasteiger partial charge is 0.0436 e. The zero-order valence-corrected chi connectivity index (χ0v) is 10.6. The topological polar surface area (TPSA) is 29.3 Å². The van der Waals surface area contributed by atoms with E-state index >= 15 is 0 Å². The van der Waals surface area contributed by atoms with Gasteiger partial charge in [-0.25, -0.2) is 0 Å². The third-order valence-corrected chi connectivity index (χ3v) is 3.62. The highest BCUT2D eigenvalue weighted by molar-refractivity contribution is 5.52. The fourth-order valence-corrected chi connectivity index (χ4v) is 2.50. The molecule has 0 aromatic heterocycles. The van der Waals surface area contributed by atoms with E-state index in [0.29, 0.717) is 0 Å². The molecule has 0 saturated heterocycles. The highest BCUT2D eigenvalue weighted by Crippen LogP contribution is 2.28. The number of hydrogen-bond donors (Lipinski definition) is 1. The lowest BCUT2D eigenvalue weighted by molar-refractivity contribution is 0.815. The number of nitrogens with two attached hydrogens (primary N) is 1. The van der Waals surface area contributed by atoms with Crippen LogP contribution < -0.4 is 10.6 Å². The Kier molecular flexibility index (Phi) is 2.80. The SMILES string of the molecule is C[C@H](N)c1ccc(N2Cc3ccccc3C2)cc1. The number of benzene rings is 2. The fourth-order valence-electron chi connectivity index (χ4n) is 2.50. The van der Waals surface area contributed by atoms with Crippen LogP contribution in [0.3, 0.4) is 0 Å². The number of nitrogens with zero attached hydrogens (tertiary/aromatic N) is 1. The van der Waals surface area contributed by atoms with E-state index in [9.17, 15) is 0 Å². The quantitative estimate of drug-likeness (QED) is 0.870. The Morgan fingerprint density at radius 1 is 0.944 bits per heavy atom. The third-order valence-electron chi connectivity index (χ3n) is 3.62. The first-order chi connectivity index (χ1) is 8.74.